The first-order chi connectivity index (χ1) is 8.28. The van der Waals surface area contributed by atoms with Gasteiger partial charge in [-0.2, -0.15) is 0 Å². The molecule has 1 heterocycles. The van der Waals surface area contributed by atoms with Crippen molar-refractivity contribution in [3.05, 3.63) is 30.1 Å². The predicted octanol–water partition coefficient (Wildman–Crippen LogP) is 1.59. The van der Waals surface area contributed by atoms with Gasteiger partial charge in [-0.3, -0.25) is 0 Å². The number of methoxy groups -OCH3 is 2. The molecule has 5 nitrogen and oxygen atoms in total. The summed E-state index contributed by atoms with van der Waals surface area (Å²) in [5.74, 6) is 2.01. The Kier molecular flexibility index (Phi) is 3.30. The highest BCUT2D eigenvalue weighted by molar-refractivity contribution is 5.61. The largest absolute Gasteiger partial charge is 0.493 e. The number of aromatic nitrogens is 2. The Morgan fingerprint density at radius 3 is 2.59 bits per heavy atom. The van der Waals surface area contributed by atoms with Gasteiger partial charge in [0.2, 0.25) is 0 Å². The first-order valence-electron chi connectivity index (χ1n) is 5.15. The smallest absolute Gasteiger partial charge is 0.161 e. The van der Waals surface area contributed by atoms with Crippen molar-refractivity contribution in [1.82, 2.24) is 9.97 Å². The zero-order valence-corrected chi connectivity index (χ0v) is 9.73. The second-order valence-corrected chi connectivity index (χ2v) is 3.48. The van der Waals surface area contributed by atoms with Crippen molar-refractivity contribution in [3.63, 3.8) is 0 Å². The lowest BCUT2D eigenvalue weighted by Gasteiger charge is -2.08. The maximum absolute atomic E-state index is 8.96. The van der Waals surface area contributed by atoms with Crippen LogP contribution in [0.5, 0.6) is 11.5 Å². The zero-order valence-electron chi connectivity index (χ0n) is 9.73. The number of hydrogen-bond acceptors (Lipinski definition) is 4. The summed E-state index contributed by atoms with van der Waals surface area (Å²) >= 11 is 0. The molecule has 5 heteroatoms. The fraction of sp³-hybridized carbons (Fsp3) is 0.250. The van der Waals surface area contributed by atoms with Gasteiger partial charge in [0, 0.05) is 5.56 Å². The second kappa shape index (κ2) is 4.88. The molecule has 2 aromatic rings. The van der Waals surface area contributed by atoms with E-state index < -0.39 is 0 Å². The van der Waals surface area contributed by atoms with Crippen molar-refractivity contribution >= 4 is 0 Å². The van der Waals surface area contributed by atoms with Crippen LogP contribution in [0.3, 0.4) is 0 Å². The Morgan fingerprint density at radius 2 is 2.00 bits per heavy atom. The van der Waals surface area contributed by atoms with Crippen LogP contribution >= 0.6 is 0 Å². The van der Waals surface area contributed by atoms with E-state index in [1.165, 1.54) is 0 Å². The average molecular weight is 234 g/mol. The normalized spacial score (nSPS) is 10.3. The SMILES string of the molecule is COc1ccc(-c2ncc(CO)[nH]2)cc1OC. The van der Waals surface area contributed by atoms with Gasteiger partial charge in [-0.1, -0.05) is 0 Å². The van der Waals surface area contributed by atoms with E-state index in [2.05, 4.69) is 9.97 Å². The molecule has 90 valence electrons. The Labute approximate surface area is 99.0 Å². The number of aromatic amines is 1. The van der Waals surface area contributed by atoms with Crippen LogP contribution in [0.2, 0.25) is 0 Å². The van der Waals surface area contributed by atoms with Crippen LogP contribution in [-0.2, 0) is 6.61 Å². The highest BCUT2D eigenvalue weighted by Crippen LogP contribution is 2.31. The molecule has 0 fully saturated rings. The first kappa shape index (κ1) is 11.5. The van der Waals surface area contributed by atoms with Crippen molar-refractivity contribution in [3.8, 4) is 22.9 Å². The minimum Gasteiger partial charge on any atom is -0.493 e. The molecule has 0 spiro atoms. The molecule has 0 aliphatic carbocycles. The number of H-pyrrole nitrogens is 1. The topological polar surface area (TPSA) is 67.4 Å². The van der Waals surface area contributed by atoms with Crippen LogP contribution in [0.25, 0.3) is 11.4 Å². The number of nitrogens with zero attached hydrogens (tertiary/aromatic N) is 1. The number of ether oxygens (including phenoxy) is 2. The first-order valence-corrected chi connectivity index (χ1v) is 5.15. The van der Waals surface area contributed by atoms with Crippen molar-refractivity contribution < 1.29 is 14.6 Å². The molecule has 1 aromatic heterocycles. The van der Waals surface area contributed by atoms with E-state index in [4.69, 9.17) is 14.6 Å². The van der Waals surface area contributed by atoms with Crippen molar-refractivity contribution in [1.29, 1.82) is 0 Å². The number of benzene rings is 1. The Hall–Kier alpha value is -2.01. The van der Waals surface area contributed by atoms with Crippen LogP contribution in [0.15, 0.2) is 24.4 Å². The lowest BCUT2D eigenvalue weighted by Crippen LogP contribution is -1.91. The summed E-state index contributed by atoms with van der Waals surface area (Å²) in [6.45, 7) is -0.0553. The summed E-state index contributed by atoms with van der Waals surface area (Å²) in [5, 5.41) is 8.96. The summed E-state index contributed by atoms with van der Waals surface area (Å²) < 4.78 is 10.4. The number of hydrogen-bond donors (Lipinski definition) is 2. The molecule has 2 rings (SSSR count). The highest BCUT2D eigenvalue weighted by atomic mass is 16.5. The minimum absolute atomic E-state index is 0.0553. The molecule has 17 heavy (non-hydrogen) atoms. The van der Waals surface area contributed by atoms with Crippen LogP contribution in [0, 0.1) is 0 Å². The summed E-state index contributed by atoms with van der Waals surface area (Å²) in [5.41, 5.74) is 1.55. The number of aliphatic hydroxyl groups is 1. The second-order valence-electron chi connectivity index (χ2n) is 3.48. The number of nitrogens with one attached hydrogen (secondary N) is 1. The van der Waals surface area contributed by atoms with E-state index >= 15 is 0 Å². The van der Waals surface area contributed by atoms with E-state index in [0.29, 0.717) is 23.0 Å². The van der Waals surface area contributed by atoms with Gasteiger partial charge < -0.3 is 19.6 Å². The van der Waals surface area contributed by atoms with Gasteiger partial charge in [-0.15, -0.1) is 0 Å². The molecular formula is C12H14N2O3. The average Bonchev–Trinajstić information content (AvgIpc) is 2.86. The van der Waals surface area contributed by atoms with Gasteiger partial charge in [0.1, 0.15) is 5.82 Å². The van der Waals surface area contributed by atoms with Crippen LogP contribution in [0.1, 0.15) is 5.69 Å². The Morgan fingerprint density at radius 1 is 1.24 bits per heavy atom. The van der Waals surface area contributed by atoms with E-state index in [0.717, 1.165) is 5.56 Å². The molecule has 0 saturated carbocycles. The highest BCUT2D eigenvalue weighted by Gasteiger charge is 2.08. The monoisotopic (exact) mass is 234 g/mol. The number of aliphatic hydroxyl groups excluding tert-OH is 1. The zero-order chi connectivity index (χ0) is 12.3. The minimum atomic E-state index is -0.0553. The van der Waals surface area contributed by atoms with Gasteiger partial charge in [-0.05, 0) is 18.2 Å². The molecule has 0 atom stereocenters. The van der Waals surface area contributed by atoms with Gasteiger partial charge in [0.15, 0.2) is 11.5 Å². The molecule has 0 unspecified atom stereocenters. The van der Waals surface area contributed by atoms with Crippen molar-refractivity contribution in [2.75, 3.05) is 14.2 Å². The van der Waals surface area contributed by atoms with Gasteiger partial charge in [-0.25, -0.2) is 4.98 Å². The third-order valence-corrected chi connectivity index (χ3v) is 2.46. The third-order valence-electron chi connectivity index (χ3n) is 2.46. The van der Waals surface area contributed by atoms with Crippen LogP contribution < -0.4 is 9.47 Å². The van der Waals surface area contributed by atoms with Crippen molar-refractivity contribution in [2.24, 2.45) is 0 Å². The molecule has 0 amide bonds. The number of imidazole rings is 1. The molecule has 1 aromatic carbocycles. The van der Waals surface area contributed by atoms with Gasteiger partial charge >= 0.3 is 0 Å². The van der Waals surface area contributed by atoms with Gasteiger partial charge in [0.05, 0.1) is 32.7 Å². The fourth-order valence-corrected chi connectivity index (χ4v) is 1.57. The molecule has 2 N–H and O–H groups in total. The molecule has 0 bridgehead atoms. The maximum atomic E-state index is 8.96. The maximum Gasteiger partial charge on any atom is 0.161 e. The third kappa shape index (κ3) is 2.24. The lowest BCUT2D eigenvalue weighted by molar-refractivity contribution is 0.277. The molecule has 0 saturated heterocycles. The molecular weight excluding hydrogens is 220 g/mol. The summed E-state index contributed by atoms with van der Waals surface area (Å²) in [6.07, 6.45) is 1.60. The Bertz CT molecular complexity index is 508. The Balaban J connectivity index is 2.38. The summed E-state index contributed by atoms with van der Waals surface area (Å²) in [7, 11) is 3.18. The van der Waals surface area contributed by atoms with Crippen LogP contribution in [-0.4, -0.2) is 29.3 Å². The molecule has 0 aliphatic rings. The summed E-state index contributed by atoms with van der Waals surface area (Å²) in [6, 6.07) is 5.52. The fourth-order valence-electron chi connectivity index (χ4n) is 1.57. The van der Waals surface area contributed by atoms with E-state index in [9.17, 15) is 0 Å². The quantitative estimate of drug-likeness (QED) is 0.843. The van der Waals surface area contributed by atoms with Crippen LogP contribution in [0.4, 0.5) is 0 Å². The standard InChI is InChI=1S/C12H14N2O3/c1-16-10-4-3-8(5-11(10)17-2)12-13-6-9(7-15)14-12/h3-6,15H,7H2,1-2H3,(H,13,14). The molecule has 0 aliphatic heterocycles. The van der Waals surface area contributed by atoms with E-state index in [-0.39, 0.29) is 6.61 Å². The predicted molar refractivity (Wildman–Crippen MR) is 63.1 cm³/mol. The summed E-state index contributed by atoms with van der Waals surface area (Å²) in [4.78, 5) is 7.19. The molecule has 0 radical (unpaired) electrons. The lowest BCUT2D eigenvalue weighted by atomic mass is 10.2. The van der Waals surface area contributed by atoms with E-state index in [1.54, 1.807) is 20.4 Å². The number of rotatable bonds is 4. The van der Waals surface area contributed by atoms with Crippen molar-refractivity contribution in [2.45, 2.75) is 6.61 Å². The van der Waals surface area contributed by atoms with E-state index in [1.807, 2.05) is 18.2 Å². The van der Waals surface area contributed by atoms with Gasteiger partial charge in [0.25, 0.3) is 0 Å².